The Hall–Kier alpha value is -2.72. The second kappa shape index (κ2) is 8.98. The number of benzene rings is 1. The molecule has 0 bridgehead atoms. The first kappa shape index (κ1) is 20.0. The van der Waals surface area contributed by atoms with Crippen molar-refractivity contribution in [3.8, 4) is 0 Å². The van der Waals surface area contributed by atoms with E-state index >= 15 is 0 Å². The van der Waals surface area contributed by atoms with Crippen LogP contribution in [0.3, 0.4) is 0 Å². The summed E-state index contributed by atoms with van der Waals surface area (Å²) in [6.45, 7) is 5.23. The van der Waals surface area contributed by atoms with Crippen LogP contribution < -0.4 is 15.5 Å². The van der Waals surface area contributed by atoms with E-state index in [1.807, 2.05) is 0 Å². The summed E-state index contributed by atoms with van der Waals surface area (Å²) in [7, 11) is 0. The molecular formula is C18H20F3N5O2. The number of fused-ring (bicyclic) bond motifs is 1. The van der Waals surface area contributed by atoms with Crippen LogP contribution in [0.5, 0.6) is 0 Å². The van der Waals surface area contributed by atoms with Gasteiger partial charge in [-0.15, -0.1) is 0 Å². The van der Waals surface area contributed by atoms with Crippen LogP contribution in [0.1, 0.15) is 21.6 Å². The Balaban J connectivity index is 0.000000163. The zero-order valence-electron chi connectivity index (χ0n) is 15.0. The predicted octanol–water partition coefficient (Wildman–Crippen LogP) is 1.85. The minimum atomic E-state index is -4.67. The van der Waals surface area contributed by atoms with E-state index < -0.39 is 12.2 Å². The highest BCUT2D eigenvalue weighted by atomic mass is 19.4. The van der Waals surface area contributed by atoms with Gasteiger partial charge in [0.1, 0.15) is 12.1 Å². The van der Waals surface area contributed by atoms with Crippen LogP contribution in [0.2, 0.25) is 0 Å². The largest absolute Gasteiger partial charge is 0.484 e. The lowest BCUT2D eigenvalue weighted by Gasteiger charge is -2.28. The van der Waals surface area contributed by atoms with E-state index in [-0.39, 0.29) is 5.56 Å². The van der Waals surface area contributed by atoms with Crippen LogP contribution in [0, 0.1) is 0 Å². The molecule has 1 amide bonds. The van der Waals surface area contributed by atoms with Crippen molar-refractivity contribution < 1.29 is 22.7 Å². The van der Waals surface area contributed by atoms with Gasteiger partial charge in [-0.3, -0.25) is 10.1 Å². The van der Waals surface area contributed by atoms with Crippen LogP contribution in [-0.4, -0.2) is 48.5 Å². The summed E-state index contributed by atoms with van der Waals surface area (Å²) in [5, 5.41) is 4.20. The molecule has 2 N–H and O–H groups in total. The van der Waals surface area contributed by atoms with Gasteiger partial charge < -0.3 is 15.0 Å². The van der Waals surface area contributed by atoms with Crippen molar-refractivity contribution in [2.45, 2.75) is 19.4 Å². The molecule has 7 nitrogen and oxygen atoms in total. The summed E-state index contributed by atoms with van der Waals surface area (Å²) in [6, 6.07) is 7.21. The smallest absolute Gasteiger partial charge is 0.378 e. The van der Waals surface area contributed by atoms with Gasteiger partial charge in [0.2, 0.25) is 0 Å². The molecule has 0 aliphatic carbocycles. The van der Waals surface area contributed by atoms with Crippen molar-refractivity contribution >= 4 is 11.7 Å². The molecule has 2 aliphatic rings. The summed E-state index contributed by atoms with van der Waals surface area (Å²) in [5.41, 5.74) is 2.39. The van der Waals surface area contributed by atoms with Crippen LogP contribution >= 0.6 is 0 Å². The molecule has 1 aromatic heterocycles. The van der Waals surface area contributed by atoms with E-state index in [2.05, 4.69) is 20.2 Å². The lowest BCUT2D eigenvalue weighted by molar-refractivity contribution is -0.146. The molecule has 4 rings (SSSR count). The first-order chi connectivity index (χ1) is 13.4. The number of carbonyl (C=O) groups is 1. The van der Waals surface area contributed by atoms with Gasteiger partial charge in [0.25, 0.3) is 5.91 Å². The van der Waals surface area contributed by atoms with Crippen molar-refractivity contribution in [3.05, 3.63) is 53.5 Å². The maximum Gasteiger partial charge on any atom is 0.484 e. The van der Waals surface area contributed by atoms with Gasteiger partial charge in [-0.25, -0.2) is 9.97 Å². The first-order valence-corrected chi connectivity index (χ1v) is 8.74. The molecule has 0 atom stereocenters. The van der Waals surface area contributed by atoms with Gasteiger partial charge in [-0.05, 0) is 12.1 Å². The van der Waals surface area contributed by atoms with E-state index in [0.29, 0.717) is 0 Å². The van der Waals surface area contributed by atoms with Crippen molar-refractivity contribution in [2.24, 2.45) is 0 Å². The Morgan fingerprint density at radius 3 is 2.50 bits per heavy atom. The molecule has 28 heavy (non-hydrogen) atoms. The van der Waals surface area contributed by atoms with Crippen LogP contribution in [0.4, 0.5) is 19.0 Å². The van der Waals surface area contributed by atoms with Crippen LogP contribution in [0.15, 0.2) is 36.7 Å². The number of hydrogen-bond donors (Lipinski definition) is 2. The quantitative estimate of drug-likeness (QED) is 0.756. The van der Waals surface area contributed by atoms with Crippen LogP contribution in [0.25, 0.3) is 0 Å². The number of nitrogens with one attached hydrogen (secondary N) is 2. The van der Waals surface area contributed by atoms with Gasteiger partial charge in [-0.2, -0.15) is 13.2 Å². The number of rotatable bonds is 2. The Morgan fingerprint density at radius 2 is 1.82 bits per heavy atom. The lowest BCUT2D eigenvalue weighted by Crippen LogP contribution is -2.37. The molecule has 1 fully saturated rings. The van der Waals surface area contributed by atoms with Crippen molar-refractivity contribution in [3.63, 3.8) is 0 Å². The molecule has 150 valence electrons. The number of anilines is 1. The predicted molar refractivity (Wildman–Crippen MR) is 95.6 cm³/mol. The number of amides is 1. The lowest BCUT2D eigenvalue weighted by atomic mass is 10.2. The Bertz CT molecular complexity index is 796. The number of ether oxygens (including phenoxy) is 1. The second-order valence-corrected chi connectivity index (χ2v) is 6.14. The molecule has 1 saturated heterocycles. The molecule has 0 radical (unpaired) electrons. The average Bonchev–Trinajstić information content (AvgIpc) is 3.17. The second-order valence-electron chi connectivity index (χ2n) is 6.14. The SMILES string of the molecule is O=C(NC(F)(F)F)c1ccccc1.c1nc2c(c(N3CCOCC3)n1)CNC2. The van der Waals surface area contributed by atoms with E-state index in [1.165, 1.54) is 29.8 Å². The molecule has 1 aromatic carbocycles. The Morgan fingerprint density at radius 1 is 1.11 bits per heavy atom. The zero-order chi connectivity index (χ0) is 20.0. The highest BCUT2D eigenvalue weighted by Crippen LogP contribution is 2.23. The Labute approximate surface area is 159 Å². The topological polar surface area (TPSA) is 79.4 Å². The maximum absolute atomic E-state index is 11.7. The number of nitrogens with zero attached hydrogens (tertiary/aromatic N) is 3. The third kappa shape index (κ3) is 5.40. The number of morpholine rings is 1. The summed E-state index contributed by atoms with van der Waals surface area (Å²) in [4.78, 5) is 21.8. The molecule has 0 spiro atoms. The van der Waals surface area contributed by atoms with Gasteiger partial charge in [-0.1, -0.05) is 18.2 Å². The van der Waals surface area contributed by atoms with Crippen molar-refractivity contribution in [2.75, 3.05) is 31.2 Å². The molecule has 10 heteroatoms. The molecule has 2 aromatic rings. The molecule has 0 saturated carbocycles. The molecule has 0 unspecified atom stereocenters. The molecular weight excluding hydrogens is 375 g/mol. The number of halogens is 3. The van der Waals surface area contributed by atoms with E-state index in [9.17, 15) is 18.0 Å². The molecule has 2 aliphatic heterocycles. The van der Waals surface area contributed by atoms with Crippen molar-refractivity contribution in [1.29, 1.82) is 0 Å². The maximum atomic E-state index is 11.7. The summed E-state index contributed by atoms with van der Waals surface area (Å²) >= 11 is 0. The van der Waals surface area contributed by atoms with Crippen LogP contribution in [-0.2, 0) is 17.8 Å². The molecule has 3 heterocycles. The average molecular weight is 395 g/mol. The first-order valence-electron chi connectivity index (χ1n) is 8.74. The third-order valence-corrected chi connectivity index (χ3v) is 4.21. The normalized spacial score (nSPS) is 16.0. The van der Waals surface area contributed by atoms with Gasteiger partial charge in [0.15, 0.2) is 0 Å². The van der Waals surface area contributed by atoms with E-state index in [1.54, 1.807) is 12.4 Å². The zero-order valence-corrected chi connectivity index (χ0v) is 15.0. The summed E-state index contributed by atoms with van der Waals surface area (Å²) in [5.74, 6) is -0.0543. The fourth-order valence-corrected chi connectivity index (χ4v) is 2.92. The monoisotopic (exact) mass is 395 g/mol. The highest BCUT2D eigenvalue weighted by molar-refractivity contribution is 5.94. The fourth-order valence-electron chi connectivity index (χ4n) is 2.92. The summed E-state index contributed by atoms with van der Waals surface area (Å²) in [6.07, 6.45) is -3.01. The fraction of sp³-hybridized carbons (Fsp3) is 0.389. The Kier molecular flexibility index (Phi) is 6.42. The van der Waals surface area contributed by atoms with E-state index in [0.717, 1.165) is 56.2 Å². The standard InChI is InChI=1S/C10H14N4O.C8H6F3NO/c1-3-15-4-2-14(1)10-8-5-11-6-9(8)12-7-13-10;9-8(10,11)12-7(13)6-4-2-1-3-5-6/h7,11H,1-6H2;1-5H,(H,12,13). The number of hydrogen-bond acceptors (Lipinski definition) is 6. The highest BCUT2D eigenvalue weighted by Gasteiger charge is 2.30. The van der Waals surface area contributed by atoms with Gasteiger partial charge in [0, 0.05) is 37.3 Å². The number of carbonyl (C=O) groups excluding carboxylic acids is 1. The number of aromatic nitrogens is 2. The minimum absolute atomic E-state index is 0.0141. The number of alkyl halides is 3. The van der Waals surface area contributed by atoms with E-state index in [4.69, 9.17) is 4.74 Å². The third-order valence-electron chi connectivity index (χ3n) is 4.21. The van der Waals surface area contributed by atoms with Gasteiger partial charge in [0.05, 0.1) is 18.9 Å². The summed E-state index contributed by atoms with van der Waals surface area (Å²) < 4.78 is 40.3. The van der Waals surface area contributed by atoms with Gasteiger partial charge >= 0.3 is 6.30 Å². The minimum Gasteiger partial charge on any atom is -0.378 e. The van der Waals surface area contributed by atoms with Crippen molar-refractivity contribution in [1.82, 2.24) is 20.6 Å².